The van der Waals surface area contributed by atoms with E-state index < -0.39 is 29.9 Å². The predicted octanol–water partition coefficient (Wildman–Crippen LogP) is 3.13. The van der Waals surface area contributed by atoms with Gasteiger partial charge in [0.05, 0.1) is 10.6 Å². The molecule has 0 aliphatic carbocycles. The molecule has 0 saturated heterocycles. The highest BCUT2D eigenvalue weighted by Crippen LogP contribution is 2.30. The molecule has 1 aliphatic rings. The zero-order chi connectivity index (χ0) is 23.3. The highest BCUT2D eigenvalue weighted by Gasteiger charge is 2.29. The number of benzene rings is 2. The highest BCUT2D eigenvalue weighted by molar-refractivity contribution is 6.36. The molecular formula is C22H23Cl2N3O5. The third kappa shape index (κ3) is 6.05. The Morgan fingerprint density at radius 1 is 1.06 bits per heavy atom. The van der Waals surface area contributed by atoms with Gasteiger partial charge in [0.25, 0.3) is 17.7 Å². The van der Waals surface area contributed by atoms with Crippen molar-refractivity contribution in [3.05, 3.63) is 58.1 Å². The standard InChI is InChI=1S/C22H23Cl2N3O5/c1-12(2)9-16(25-20(28)14-8-7-13(23)10-15(14)24)21(29)26-27-22(30)19-11-31-17-5-3-4-6-18(17)32-19/h3-8,10,12,16,19H,9,11H2,1-2H3,(H,25,28)(H,26,29)(H,27,30). The van der Waals surface area contributed by atoms with E-state index in [1.807, 2.05) is 13.8 Å². The maximum absolute atomic E-state index is 12.7. The lowest BCUT2D eigenvalue weighted by molar-refractivity contribution is -0.135. The van der Waals surface area contributed by atoms with E-state index in [4.69, 9.17) is 32.7 Å². The molecule has 0 saturated carbocycles. The van der Waals surface area contributed by atoms with E-state index in [9.17, 15) is 14.4 Å². The monoisotopic (exact) mass is 479 g/mol. The van der Waals surface area contributed by atoms with Crippen LogP contribution in [0.15, 0.2) is 42.5 Å². The number of hydrogen-bond donors (Lipinski definition) is 3. The van der Waals surface area contributed by atoms with Crippen LogP contribution < -0.4 is 25.6 Å². The Kier molecular flexibility index (Phi) is 7.82. The number of hydrogen-bond acceptors (Lipinski definition) is 5. The summed E-state index contributed by atoms with van der Waals surface area (Å²) in [7, 11) is 0. The van der Waals surface area contributed by atoms with Crippen LogP contribution in [0.25, 0.3) is 0 Å². The second-order valence-electron chi connectivity index (χ2n) is 7.62. The van der Waals surface area contributed by atoms with Crippen LogP contribution in [0.3, 0.4) is 0 Å². The number of hydrazine groups is 1. The van der Waals surface area contributed by atoms with Gasteiger partial charge >= 0.3 is 0 Å². The molecule has 1 heterocycles. The first kappa shape index (κ1) is 23.7. The van der Waals surface area contributed by atoms with Gasteiger partial charge in [0.15, 0.2) is 11.5 Å². The number of carbonyl (C=O) groups excluding carboxylic acids is 3. The van der Waals surface area contributed by atoms with E-state index in [-0.39, 0.29) is 23.1 Å². The summed E-state index contributed by atoms with van der Waals surface area (Å²) in [5.74, 6) is -0.615. The Morgan fingerprint density at radius 3 is 2.47 bits per heavy atom. The molecule has 32 heavy (non-hydrogen) atoms. The van der Waals surface area contributed by atoms with Gasteiger partial charge in [-0.25, -0.2) is 0 Å². The SMILES string of the molecule is CC(C)CC(NC(=O)c1ccc(Cl)cc1Cl)C(=O)NNC(=O)C1COc2ccccc2O1. The van der Waals surface area contributed by atoms with Crippen LogP contribution in [-0.2, 0) is 9.59 Å². The average molecular weight is 480 g/mol. The van der Waals surface area contributed by atoms with Crippen LogP contribution in [0.1, 0.15) is 30.6 Å². The molecule has 3 amide bonds. The molecule has 0 bridgehead atoms. The first-order valence-corrected chi connectivity index (χ1v) is 10.7. The maximum atomic E-state index is 12.7. The quantitative estimate of drug-likeness (QED) is 0.551. The first-order valence-electron chi connectivity index (χ1n) is 9.98. The summed E-state index contributed by atoms with van der Waals surface area (Å²) in [6.07, 6.45) is -0.592. The van der Waals surface area contributed by atoms with Gasteiger partial charge < -0.3 is 14.8 Å². The van der Waals surface area contributed by atoms with Gasteiger partial charge in [-0.3, -0.25) is 25.2 Å². The number of para-hydroxylation sites is 2. The minimum Gasteiger partial charge on any atom is -0.485 e. The van der Waals surface area contributed by atoms with Gasteiger partial charge in [-0.2, -0.15) is 0 Å². The molecule has 2 aromatic carbocycles. The van der Waals surface area contributed by atoms with E-state index in [1.165, 1.54) is 18.2 Å². The molecule has 0 fully saturated rings. The molecule has 8 nitrogen and oxygen atoms in total. The average Bonchev–Trinajstić information content (AvgIpc) is 2.76. The van der Waals surface area contributed by atoms with Gasteiger partial charge in [0, 0.05) is 5.02 Å². The predicted molar refractivity (Wildman–Crippen MR) is 120 cm³/mol. The highest BCUT2D eigenvalue weighted by atomic mass is 35.5. The Balaban J connectivity index is 1.59. The summed E-state index contributed by atoms with van der Waals surface area (Å²) in [6, 6.07) is 10.5. The molecule has 0 aromatic heterocycles. The van der Waals surface area contributed by atoms with Crippen molar-refractivity contribution in [3.63, 3.8) is 0 Å². The van der Waals surface area contributed by atoms with Gasteiger partial charge in [-0.05, 0) is 42.7 Å². The number of ether oxygens (including phenoxy) is 2. The fraction of sp³-hybridized carbons (Fsp3) is 0.318. The largest absolute Gasteiger partial charge is 0.485 e. The van der Waals surface area contributed by atoms with E-state index in [0.29, 0.717) is 22.9 Å². The van der Waals surface area contributed by atoms with Gasteiger partial charge in [-0.1, -0.05) is 49.2 Å². The van der Waals surface area contributed by atoms with E-state index in [0.717, 1.165) is 0 Å². The molecule has 0 radical (unpaired) electrons. The van der Waals surface area contributed by atoms with Crippen molar-refractivity contribution in [2.45, 2.75) is 32.4 Å². The lowest BCUT2D eigenvalue weighted by atomic mass is 10.0. The van der Waals surface area contributed by atoms with Crippen LogP contribution in [-0.4, -0.2) is 36.5 Å². The van der Waals surface area contributed by atoms with Crippen LogP contribution in [0.4, 0.5) is 0 Å². The van der Waals surface area contributed by atoms with Gasteiger partial charge in [0.2, 0.25) is 6.10 Å². The lowest BCUT2D eigenvalue weighted by Gasteiger charge is -2.26. The molecule has 2 unspecified atom stereocenters. The summed E-state index contributed by atoms with van der Waals surface area (Å²) in [5, 5.41) is 3.21. The lowest BCUT2D eigenvalue weighted by Crippen LogP contribution is -2.56. The van der Waals surface area contributed by atoms with E-state index >= 15 is 0 Å². The number of nitrogens with one attached hydrogen (secondary N) is 3. The van der Waals surface area contributed by atoms with Gasteiger partial charge in [-0.15, -0.1) is 0 Å². The Hall–Kier alpha value is -2.97. The van der Waals surface area contributed by atoms with Crippen molar-refractivity contribution in [1.29, 1.82) is 0 Å². The molecular weight excluding hydrogens is 457 g/mol. The minimum atomic E-state index is -0.934. The van der Waals surface area contributed by atoms with Crippen molar-refractivity contribution in [3.8, 4) is 11.5 Å². The Labute approximate surface area is 195 Å². The Bertz CT molecular complexity index is 1010. The number of carbonyl (C=O) groups is 3. The van der Waals surface area contributed by atoms with Crippen molar-refractivity contribution in [1.82, 2.24) is 16.2 Å². The molecule has 170 valence electrons. The molecule has 1 aliphatic heterocycles. The summed E-state index contributed by atoms with van der Waals surface area (Å²) >= 11 is 12.0. The maximum Gasteiger partial charge on any atom is 0.283 e. The minimum absolute atomic E-state index is 0.0000580. The van der Waals surface area contributed by atoms with Crippen LogP contribution >= 0.6 is 23.2 Å². The normalized spacial score (nSPS) is 15.6. The molecule has 0 spiro atoms. The fourth-order valence-electron chi connectivity index (χ4n) is 3.05. The van der Waals surface area contributed by atoms with Crippen molar-refractivity contribution in [2.75, 3.05) is 6.61 Å². The summed E-state index contributed by atoms with van der Waals surface area (Å²) in [5.41, 5.74) is 4.87. The second-order valence-corrected chi connectivity index (χ2v) is 8.47. The molecule has 10 heteroatoms. The number of amides is 3. The van der Waals surface area contributed by atoms with E-state index in [2.05, 4.69) is 16.2 Å². The number of rotatable bonds is 6. The van der Waals surface area contributed by atoms with E-state index in [1.54, 1.807) is 24.3 Å². The van der Waals surface area contributed by atoms with Crippen LogP contribution in [0.5, 0.6) is 11.5 Å². The number of fused-ring (bicyclic) bond motifs is 1. The zero-order valence-electron chi connectivity index (χ0n) is 17.5. The fourth-order valence-corrected chi connectivity index (χ4v) is 3.55. The van der Waals surface area contributed by atoms with Crippen molar-refractivity contribution < 1.29 is 23.9 Å². The molecule has 3 rings (SSSR count). The third-order valence-electron chi connectivity index (χ3n) is 4.61. The van der Waals surface area contributed by atoms with Crippen LogP contribution in [0.2, 0.25) is 10.0 Å². The zero-order valence-corrected chi connectivity index (χ0v) is 19.0. The molecule has 2 aromatic rings. The van der Waals surface area contributed by atoms with Crippen LogP contribution in [0, 0.1) is 5.92 Å². The summed E-state index contributed by atoms with van der Waals surface area (Å²) in [4.78, 5) is 37.8. The smallest absolute Gasteiger partial charge is 0.283 e. The second kappa shape index (κ2) is 10.6. The summed E-state index contributed by atoms with van der Waals surface area (Å²) in [6.45, 7) is 3.82. The summed E-state index contributed by atoms with van der Waals surface area (Å²) < 4.78 is 11.1. The first-order chi connectivity index (χ1) is 15.2. The molecule has 2 atom stereocenters. The Morgan fingerprint density at radius 2 is 1.78 bits per heavy atom. The van der Waals surface area contributed by atoms with Gasteiger partial charge in [0.1, 0.15) is 12.6 Å². The van der Waals surface area contributed by atoms with Crippen molar-refractivity contribution >= 4 is 40.9 Å². The topological polar surface area (TPSA) is 106 Å². The third-order valence-corrected chi connectivity index (χ3v) is 5.16. The number of halogens is 2. The molecule has 3 N–H and O–H groups in total. The van der Waals surface area contributed by atoms with Crippen molar-refractivity contribution in [2.24, 2.45) is 5.92 Å².